The van der Waals surface area contributed by atoms with Crippen LogP contribution in [0.15, 0.2) is 24.7 Å². The number of hydrogen-bond donors (Lipinski definition) is 0. The second-order valence-electron chi connectivity index (χ2n) is 6.37. The Labute approximate surface area is 129 Å². The smallest absolute Gasteiger partial charge is 0.257 e. The molecule has 2 aliphatic rings. The summed E-state index contributed by atoms with van der Waals surface area (Å²) in [5.74, 6) is 0.657. The molecule has 6 heteroatoms. The van der Waals surface area contributed by atoms with E-state index in [1.165, 1.54) is 12.8 Å². The fraction of sp³-hybridized carbons (Fsp3) is 0.562. The molecule has 6 nitrogen and oxygen atoms in total. The summed E-state index contributed by atoms with van der Waals surface area (Å²) in [6.07, 6.45) is 9.98. The Hall–Kier alpha value is -2.11. The maximum atomic E-state index is 12.9. The first-order chi connectivity index (χ1) is 10.7. The lowest BCUT2D eigenvalue weighted by Crippen LogP contribution is -2.41. The van der Waals surface area contributed by atoms with E-state index >= 15 is 0 Å². The summed E-state index contributed by atoms with van der Waals surface area (Å²) in [6.45, 7) is 1.56. The Balaban J connectivity index is 1.55. The van der Waals surface area contributed by atoms with Crippen molar-refractivity contribution in [3.8, 4) is 0 Å². The van der Waals surface area contributed by atoms with Crippen LogP contribution in [-0.2, 0) is 7.05 Å². The first-order valence-electron chi connectivity index (χ1n) is 8.04. The largest absolute Gasteiger partial charge is 0.336 e. The standard InChI is InChI=1S/C16H21N5O/c1-19-15(12-5-6-12)14(10-18-19)16(22)20-8-2-4-13(11-20)21-9-3-7-17-21/h3,7,9-10,12-13H,2,4-6,8,11H2,1H3. The Kier molecular flexibility index (Phi) is 3.24. The van der Waals surface area contributed by atoms with E-state index in [0.717, 1.165) is 37.2 Å². The second-order valence-corrected chi connectivity index (χ2v) is 6.37. The van der Waals surface area contributed by atoms with Crippen molar-refractivity contribution >= 4 is 5.91 Å². The molecule has 1 aliphatic carbocycles. The van der Waals surface area contributed by atoms with Gasteiger partial charge in [0.15, 0.2) is 0 Å². The van der Waals surface area contributed by atoms with Crippen molar-refractivity contribution in [2.24, 2.45) is 7.05 Å². The average Bonchev–Trinajstić information content (AvgIpc) is 3.08. The molecule has 1 unspecified atom stereocenters. The molecule has 1 atom stereocenters. The highest BCUT2D eigenvalue weighted by molar-refractivity contribution is 5.95. The fourth-order valence-corrected chi connectivity index (χ4v) is 3.47. The molecule has 0 N–H and O–H groups in total. The summed E-state index contributed by atoms with van der Waals surface area (Å²) < 4.78 is 3.85. The summed E-state index contributed by atoms with van der Waals surface area (Å²) in [5, 5.41) is 8.64. The first-order valence-corrected chi connectivity index (χ1v) is 8.04. The molecule has 3 heterocycles. The van der Waals surface area contributed by atoms with Crippen molar-refractivity contribution in [1.29, 1.82) is 0 Å². The summed E-state index contributed by atoms with van der Waals surface area (Å²) in [6, 6.07) is 2.22. The first kappa shape index (κ1) is 13.5. The van der Waals surface area contributed by atoms with Gasteiger partial charge in [-0.3, -0.25) is 14.2 Å². The minimum atomic E-state index is 0.131. The van der Waals surface area contributed by atoms with Crippen LogP contribution < -0.4 is 0 Å². The molecule has 0 radical (unpaired) electrons. The van der Waals surface area contributed by atoms with Crippen molar-refractivity contribution in [3.63, 3.8) is 0 Å². The molecule has 0 bridgehead atoms. The van der Waals surface area contributed by atoms with Gasteiger partial charge in [0.1, 0.15) is 0 Å². The molecular weight excluding hydrogens is 278 g/mol. The van der Waals surface area contributed by atoms with Gasteiger partial charge in [-0.1, -0.05) is 0 Å². The van der Waals surface area contributed by atoms with Crippen molar-refractivity contribution in [2.75, 3.05) is 13.1 Å². The maximum Gasteiger partial charge on any atom is 0.257 e. The van der Waals surface area contributed by atoms with Gasteiger partial charge in [-0.05, 0) is 31.7 Å². The number of nitrogens with zero attached hydrogens (tertiary/aromatic N) is 5. The maximum absolute atomic E-state index is 12.9. The van der Waals surface area contributed by atoms with Gasteiger partial charge in [-0.25, -0.2) is 0 Å². The highest BCUT2D eigenvalue weighted by Crippen LogP contribution is 2.41. The Morgan fingerprint density at radius 2 is 2.14 bits per heavy atom. The zero-order valence-electron chi connectivity index (χ0n) is 12.9. The summed E-state index contributed by atoms with van der Waals surface area (Å²) in [7, 11) is 1.94. The van der Waals surface area contributed by atoms with E-state index in [4.69, 9.17) is 0 Å². The highest BCUT2D eigenvalue weighted by atomic mass is 16.2. The van der Waals surface area contributed by atoms with E-state index in [1.807, 2.05) is 33.6 Å². The van der Waals surface area contributed by atoms with Gasteiger partial charge in [0.2, 0.25) is 0 Å². The van der Waals surface area contributed by atoms with Gasteiger partial charge in [0, 0.05) is 38.4 Å². The van der Waals surface area contributed by atoms with E-state index in [9.17, 15) is 4.79 Å². The van der Waals surface area contributed by atoms with Gasteiger partial charge < -0.3 is 4.90 Å². The van der Waals surface area contributed by atoms with Crippen molar-refractivity contribution in [1.82, 2.24) is 24.5 Å². The molecule has 2 aromatic rings. The summed E-state index contributed by atoms with van der Waals surface area (Å²) in [5.41, 5.74) is 1.91. The number of aromatic nitrogens is 4. The lowest BCUT2D eigenvalue weighted by molar-refractivity contribution is 0.0671. The summed E-state index contributed by atoms with van der Waals surface area (Å²) in [4.78, 5) is 14.9. The van der Waals surface area contributed by atoms with E-state index in [-0.39, 0.29) is 11.9 Å². The number of carbonyl (C=O) groups excluding carboxylic acids is 1. The van der Waals surface area contributed by atoms with E-state index in [1.54, 1.807) is 12.4 Å². The molecule has 1 saturated heterocycles. The number of hydrogen-bond acceptors (Lipinski definition) is 3. The molecule has 2 fully saturated rings. The lowest BCUT2D eigenvalue weighted by Gasteiger charge is -2.33. The predicted molar refractivity (Wildman–Crippen MR) is 81.6 cm³/mol. The Morgan fingerprint density at radius 1 is 1.27 bits per heavy atom. The Bertz CT molecular complexity index is 671. The number of rotatable bonds is 3. The predicted octanol–water partition coefficient (Wildman–Crippen LogP) is 1.97. The summed E-state index contributed by atoms with van der Waals surface area (Å²) >= 11 is 0. The van der Waals surface area contributed by atoms with Gasteiger partial charge in [0.25, 0.3) is 5.91 Å². The van der Waals surface area contributed by atoms with Gasteiger partial charge in [-0.2, -0.15) is 10.2 Å². The van der Waals surface area contributed by atoms with Crippen LogP contribution in [0.2, 0.25) is 0 Å². The van der Waals surface area contributed by atoms with E-state index in [2.05, 4.69) is 10.2 Å². The molecule has 0 spiro atoms. The van der Waals surface area contributed by atoms with Crippen LogP contribution in [0.25, 0.3) is 0 Å². The van der Waals surface area contributed by atoms with Crippen molar-refractivity contribution in [3.05, 3.63) is 35.9 Å². The van der Waals surface area contributed by atoms with Gasteiger partial charge in [-0.15, -0.1) is 0 Å². The Morgan fingerprint density at radius 3 is 2.86 bits per heavy atom. The third-order valence-corrected chi connectivity index (χ3v) is 4.76. The van der Waals surface area contributed by atoms with Crippen LogP contribution >= 0.6 is 0 Å². The normalized spacial score (nSPS) is 22.0. The van der Waals surface area contributed by atoms with Gasteiger partial charge >= 0.3 is 0 Å². The monoisotopic (exact) mass is 299 g/mol. The van der Waals surface area contributed by atoms with E-state index in [0.29, 0.717) is 5.92 Å². The van der Waals surface area contributed by atoms with Crippen LogP contribution in [-0.4, -0.2) is 43.5 Å². The minimum Gasteiger partial charge on any atom is -0.336 e. The second kappa shape index (κ2) is 5.26. The van der Waals surface area contributed by atoms with Crippen LogP contribution in [0, 0.1) is 0 Å². The third kappa shape index (κ3) is 2.32. The van der Waals surface area contributed by atoms with Crippen LogP contribution in [0.3, 0.4) is 0 Å². The third-order valence-electron chi connectivity index (χ3n) is 4.76. The van der Waals surface area contributed by atoms with Crippen LogP contribution in [0.1, 0.15) is 53.7 Å². The average molecular weight is 299 g/mol. The fourth-order valence-electron chi connectivity index (χ4n) is 3.47. The van der Waals surface area contributed by atoms with Crippen LogP contribution in [0.4, 0.5) is 0 Å². The highest BCUT2D eigenvalue weighted by Gasteiger charge is 2.34. The van der Waals surface area contributed by atoms with Crippen molar-refractivity contribution in [2.45, 2.75) is 37.6 Å². The molecule has 116 valence electrons. The lowest BCUT2D eigenvalue weighted by atomic mass is 10.0. The number of aryl methyl sites for hydroxylation is 1. The quantitative estimate of drug-likeness (QED) is 0.870. The van der Waals surface area contributed by atoms with Crippen LogP contribution in [0.5, 0.6) is 0 Å². The number of carbonyl (C=O) groups is 1. The zero-order chi connectivity index (χ0) is 15.1. The zero-order valence-corrected chi connectivity index (χ0v) is 12.9. The molecule has 4 rings (SSSR count). The molecule has 1 aliphatic heterocycles. The SMILES string of the molecule is Cn1ncc(C(=O)N2CCCC(n3cccn3)C2)c1C1CC1. The van der Waals surface area contributed by atoms with Gasteiger partial charge in [0.05, 0.1) is 23.5 Å². The number of piperidine rings is 1. The number of likely N-dealkylation sites (tertiary alicyclic amines) is 1. The molecule has 2 aromatic heterocycles. The molecular formula is C16H21N5O. The molecule has 22 heavy (non-hydrogen) atoms. The number of amides is 1. The molecule has 0 aromatic carbocycles. The van der Waals surface area contributed by atoms with Crippen molar-refractivity contribution < 1.29 is 4.79 Å². The van der Waals surface area contributed by atoms with E-state index < -0.39 is 0 Å². The molecule has 1 saturated carbocycles. The topological polar surface area (TPSA) is 56.0 Å². The molecule has 1 amide bonds. The minimum absolute atomic E-state index is 0.131.